The van der Waals surface area contributed by atoms with Gasteiger partial charge in [-0.05, 0) is 62.7 Å². The fraction of sp³-hybridized carbons (Fsp3) is 0.947. The van der Waals surface area contributed by atoms with Gasteiger partial charge in [0, 0.05) is 6.42 Å². The predicted octanol–water partition coefficient (Wildman–Crippen LogP) is 4.79. The van der Waals surface area contributed by atoms with Gasteiger partial charge in [0.1, 0.15) is 0 Å². The lowest BCUT2D eigenvalue weighted by molar-refractivity contribution is -0.137. The molecule has 0 aromatic carbocycles. The van der Waals surface area contributed by atoms with Gasteiger partial charge in [-0.1, -0.05) is 32.1 Å². The number of hydrogen-bond acceptors (Lipinski definition) is 2. The molecule has 1 N–H and O–H groups in total. The van der Waals surface area contributed by atoms with Gasteiger partial charge in [0.05, 0.1) is 12.2 Å². The van der Waals surface area contributed by atoms with E-state index in [-0.39, 0.29) is 0 Å². The van der Waals surface area contributed by atoms with Crippen LogP contribution in [0.25, 0.3) is 0 Å². The van der Waals surface area contributed by atoms with Gasteiger partial charge in [-0.15, -0.1) is 0 Å². The molecule has 3 nitrogen and oxygen atoms in total. The SMILES string of the molecule is O=C(O)CCCCCCC1C2CCC(C2)C1OC1CCCC1. The summed E-state index contributed by atoms with van der Waals surface area (Å²) in [6.07, 6.45) is 16.7. The van der Waals surface area contributed by atoms with Crippen LogP contribution in [0.5, 0.6) is 0 Å². The lowest BCUT2D eigenvalue weighted by Crippen LogP contribution is -2.33. The summed E-state index contributed by atoms with van der Waals surface area (Å²) in [7, 11) is 0. The van der Waals surface area contributed by atoms with Gasteiger partial charge in [0.2, 0.25) is 0 Å². The second-order valence-electron chi connectivity index (χ2n) is 7.85. The van der Waals surface area contributed by atoms with Crippen molar-refractivity contribution in [3.63, 3.8) is 0 Å². The number of fused-ring (bicyclic) bond motifs is 2. The van der Waals surface area contributed by atoms with Crippen LogP contribution in [0.3, 0.4) is 0 Å². The summed E-state index contributed by atoms with van der Waals surface area (Å²) in [6, 6.07) is 0. The number of carbonyl (C=O) groups is 1. The first-order chi connectivity index (χ1) is 10.7. The van der Waals surface area contributed by atoms with Crippen LogP contribution in [-0.2, 0) is 9.53 Å². The van der Waals surface area contributed by atoms with Crippen LogP contribution >= 0.6 is 0 Å². The van der Waals surface area contributed by atoms with E-state index in [0.717, 1.165) is 30.6 Å². The molecule has 3 aliphatic rings. The number of aliphatic carboxylic acids is 1. The number of carboxylic acid groups (broad SMARTS) is 1. The molecule has 0 radical (unpaired) electrons. The van der Waals surface area contributed by atoms with Crippen molar-refractivity contribution in [3.05, 3.63) is 0 Å². The Morgan fingerprint density at radius 1 is 0.955 bits per heavy atom. The van der Waals surface area contributed by atoms with E-state index in [2.05, 4.69) is 0 Å². The van der Waals surface area contributed by atoms with Crippen molar-refractivity contribution in [2.75, 3.05) is 0 Å². The summed E-state index contributed by atoms with van der Waals surface area (Å²) in [5, 5.41) is 8.67. The molecule has 126 valence electrons. The summed E-state index contributed by atoms with van der Waals surface area (Å²) >= 11 is 0. The Morgan fingerprint density at radius 3 is 2.45 bits per heavy atom. The average Bonchev–Trinajstić information content (AvgIpc) is 3.21. The fourth-order valence-corrected chi connectivity index (χ4v) is 5.23. The van der Waals surface area contributed by atoms with Gasteiger partial charge < -0.3 is 9.84 Å². The van der Waals surface area contributed by atoms with Crippen LogP contribution in [0.1, 0.15) is 83.5 Å². The van der Waals surface area contributed by atoms with Crippen LogP contribution in [0, 0.1) is 17.8 Å². The van der Waals surface area contributed by atoms with Crippen molar-refractivity contribution in [2.24, 2.45) is 17.8 Å². The van der Waals surface area contributed by atoms with Gasteiger partial charge in [-0.2, -0.15) is 0 Å². The lowest BCUT2D eigenvalue weighted by Gasteiger charge is -2.33. The molecule has 4 unspecified atom stereocenters. The van der Waals surface area contributed by atoms with E-state index in [9.17, 15) is 4.79 Å². The molecule has 22 heavy (non-hydrogen) atoms. The summed E-state index contributed by atoms with van der Waals surface area (Å²) in [6.45, 7) is 0. The number of rotatable bonds is 9. The van der Waals surface area contributed by atoms with Crippen LogP contribution in [0.4, 0.5) is 0 Å². The lowest BCUT2D eigenvalue weighted by atomic mass is 9.82. The highest BCUT2D eigenvalue weighted by atomic mass is 16.5. The maximum absolute atomic E-state index is 10.5. The molecule has 0 aromatic rings. The van der Waals surface area contributed by atoms with Gasteiger partial charge >= 0.3 is 5.97 Å². The van der Waals surface area contributed by atoms with E-state index >= 15 is 0 Å². The number of hydrogen-bond donors (Lipinski definition) is 1. The number of unbranched alkanes of at least 4 members (excludes halogenated alkanes) is 3. The van der Waals surface area contributed by atoms with E-state index in [1.54, 1.807) is 0 Å². The third-order valence-electron chi connectivity index (χ3n) is 6.34. The molecule has 3 fully saturated rings. The van der Waals surface area contributed by atoms with Crippen molar-refractivity contribution in [2.45, 2.75) is 95.7 Å². The average molecular weight is 308 g/mol. The third kappa shape index (κ3) is 4.04. The molecule has 0 amide bonds. The Kier molecular flexibility index (Phi) is 5.78. The molecule has 3 heteroatoms. The molecule has 0 aromatic heterocycles. The minimum absolute atomic E-state index is 0.335. The molecule has 0 aliphatic heterocycles. The number of carboxylic acids is 1. The maximum Gasteiger partial charge on any atom is 0.303 e. The van der Waals surface area contributed by atoms with E-state index in [4.69, 9.17) is 9.84 Å². The third-order valence-corrected chi connectivity index (χ3v) is 6.34. The smallest absolute Gasteiger partial charge is 0.303 e. The van der Waals surface area contributed by atoms with Crippen molar-refractivity contribution in [1.29, 1.82) is 0 Å². The van der Waals surface area contributed by atoms with Crippen molar-refractivity contribution in [3.8, 4) is 0 Å². The number of ether oxygens (including phenoxy) is 1. The van der Waals surface area contributed by atoms with E-state index < -0.39 is 5.97 Å². The van der Waals surface area contributed by atoms with Gasteiger partial charge in [-0.25, -0.2) is 0 Å². The fourth-order valence-electron chi connectivity index (χ4n) is 5.23. The first kappa shape index (κ1) is 16.3. The minimum Gasteiger partial charge on any atom is -0.481 e. The highest BCUT2D eigenvalue weighted by Gasteiger charge is 2.48. The standard InChI is InChI=1S/C19H32O3/c20-18(21)10-4-2-1-3-9-17-14-11-12-15(13-14)19(17)22-16-7-5-6-8-16/h14-17,19H,1-13H2,(H,20,21). The second-order valence-corrected chi connectivity index (χ2v) is 7.85. The zero-order valence-electron chi connectivity index (χ0n) is 13.8. The molecule has 0 saturated heterocycles. The van der Waals surface area contributed by atoms with E-state index in [1.807, 2.05) is 0 Å². The van der Waals surface area contributed by atoms with Crippen LogP contribution < -0.4 is 0 Å². The molecule has 4 atom stereocenters. The zero-order valence-corrected chi connectivity index (χ0v) is 13.8. The quantitative estimate of drug-likeness (QED) is 0.623. The highest BCUT2D eigenvalue weighted by Crippen LogP contribution is 2.52. The Bertz CT molecular complexity index is 362. The summed E-state index contributed by atoms with van der Waals surface area (Å²) in [4.78, 5) is 10.5. The molecular weight excluding hydrogens is 276 g/mol. The van der Waals surface area contributed by atoms with Crippen molar-refractivity contribution >= 4 is 5.97 Å². The summed E-state index contributed by atoms with van der Waals surface area (Å²) < 4.78 is 6.55. The minimum atomic E-state index is -0.655. The van der Waals surface area contributed by atoms with Gasteiger partial charge in [0.15, 0.2) is 0 Å². The first-order valence-corrected chi connectivity index (χ1v) is 9.61. The zero-order chi connectivity index (χ0) is 15.4. The van der Waals surface area contributed by atoms with Gasteiger partial charge in [0.25, 0.3) is 0 Å². The van der Waals surface area contributed by atoms with Crippen molar-refractivity contribution in [1.82, 2.24) is 0 Å². The predicted molar refractivity (Wildman–Crippen MR) is 86.8 cm³/mol. The van der Waals surface area contributed by atoms with Gasteiger partial charge in [-0.3, -0.25) is 4.79 Å². The Balaban J connectivity index is 1.39. The van der Waals surface area contributed by atoms with E-state index in [0.29, 0.717) is 18.6 Å². The van der Waals surface area contributed by atoms with E-state index in [1.165, 1.54) is 64.2 Å². The summed E-state index contributed by atoms with van der Waals surface area (Å²) in [5.74, 6) is 1.93. The Labute approximate surface area is 134 Å². The van der Waals surface area contributed by atoms with Crippen LogP contribution in [0.15, 0.2) is 0 Å². The summed E-state index contributed by atoms with van der Waals surface area (Å²) in [5.41, 5.74) is 0. The monoisotopic (exact) mass is 308 g/mol. The molecule has 3 rings (SSSR count). The normalized spacial score (nSPS) is 34.5. The van der Waals surface area contributed by atoms with Crippen LogP contribution in [0.2, 0.25) is 0 Å². The van der Waals surface area contributed by atoms with Crippen molar-refractivity contribution < 1.29 is 14.6 Å². The Hall–Kier alpha value is -0.570. The molecule has 0 spiro atoms. The molecule has 3 saturated carbocycles. The topological polar surface area (TPSA) is 46.5 Å². The maximum atomic E-state index is 10.5. The second kappa shape index (κ2) is 7.81. The highest BCUT2D eigenvalue weighted by molar-refractivity contribution is 5.66. The molecular formula is C19H32O3. The van der Waals surface area contributed by atoms with Crippen LogP contribution in [-0.4, -0.2) is 23.3 Å². The largest absolute Gasteiger partial charge is 0.481 e. The first-order valence-electron chi connectivity index (χ1n) is 9.61. The Morgan fingerprint density at radius 2 is 1.68 bits per heavy atom. The molecule has 2 bridgehead atoms. The molecule has 3 aliphatic carbocycles. The molecule has 0 heterocycles.